The maximum Gasteiger partial charge on any atom is 0.00313 e. The Kier molecular flexibility index (Phi) is 12.4. The normalized spacial score (nSPS) is 11.2. The van der Waals surface area contributed by atoms with E-state index < -0.39 is 0 Å². The molecule has 0 fully saturated rings. The summed E-state index contributed by atoms with van der Waals surface area (Å²) in [7, 11) is 0. The van der Waals surface area contributed by atoms with E-state index in [2.05, 4.69) is 37.9 Å². The molecule has 0 aliphatic carbocycles. The van der Waals surface area contributed by atoms with Gasteiger partial charge in [-0.2, -0.15) is 0 Å². The summed E-state index contributed by atoms with van der Waals surface area (Å²) in [5, 5.41) is 1.17. The van der Waals surface area contributed by atoms with E-state index in [0.717, 1.165) is 0 Å². The zero-order valence-corrected chi connectivity index (χ0v) is 10.7. The Morgan fingerprint density at radius 3 is 2.00 bits per heavy atom. The minimum atomic E-state index is 1.17. The summed E-state index contributed by atoms with van der Waals surface area (Å²) in [6, 6.07) is 0. The molecular weight excluding hydrogens is 280 g/mol. The number of halogens is 2. The summed E-state index contributed by atoms with van der Waals surface area (Å²) in [5.41, 5.74) is 0. The van der Waals surface area contributed by atoms with Crippen LogP contribution in [0.2, 0.25) is 0 Å². The van der Waals surface area contributed by atoms with Crippen LogP contribution in [0.25, 0.3) is 0 Å². The molecule has 0 spiro atoms. The highest BCUT2D eigenvalue weighted by Gasteiger charge is 1.88. The fourth-order valence-electron chi connectivity index (χ4n) is 1.13. The van der Waals surface area contributed by atoms with E-state index in [9.17, 15) is 0 Å². The predicted molar refractivity (Wildman–Crippen MR) is 64.2 cm³/mol. The Hall–Kier alpha value is 0.700. The molecule has 0 saturated heterocycles. The first-order chi connectivity index (χ1) is 5.91. The second-order valence-electron chi connectivity index (χ2n) is 2.96. The third-order valence-corrected chi connectivity index (χ3v) is 2.78. The summed E-state index contributed by atoms with van der Waals surface area (Å²) in [5.74, 6) is 0. The third-order valence-electron chi connectivity index (χ3n) is 1.84. The largest absolute Gasteiger partial charge is 0.0928 e. The van der Waals surface area contributed by atoms with E-state index >= 15 is 0 Å². The van der Waals surface area contributed by atoms with E-state index in [4.69, 9.17) is 0 Å². The van der Waals surface area contributed by atoms with E-state index in [1.165, 1.54) is 50.3 Å². The van der Waals surface area contributed by atoms with E-state index in [0.29, 0.717) is 0 Å². The molecule has 0 rings (SSSR count). The van der Waals surface area contributed by atoms with E-state index in [1.54, 1.807) is 0 Å². The number of alkyl halides is 1. The first-order valence-corrected chi connectivity index (χ1v) is 6.76. The highest BCUT2D eigenvalue weighted by atomic mass is 79.9. The van der Waals surface area contributed by atoms with Gasteiger partial charge in [0.15, 0.2) is 0 Å². The Bertz CT molecular complexity index is 100. The topological polar surface area (TPSA) is 0 Å². The van der Waals surface area contributed by atoms with Crippen molar-refractivity contribution in [1.82, 2.24) is 0 Å². The van der Waals surface area contributed by atoms with Gasteiger partial charge in [0.25, 0.3) is 0 Å². The molecule has 0 aromatic rings. The molecule has 0 heterocycles. The van der Waals surface area contributed by atoms with Crippen LogP contribution in [-0.2, 0) is 0 Å². The van der Waals surface area contributed by atoms with Crippen LogP contribution in [0, 0.1) is 0 Å². The van der Waals surface area contributed by atoms with Crippen LogP contribution < -0.4 is 0 Å². The van der Waals surface area contributed by atoms with E-state index in [1.807, 2.05) is 4.99 Å². The molecule has 0 aliphatic rings. The minimum Gasteiger partial charge on any atom is -0.0928 e. The monoisotopic (exact) mass is 296 g/mol. The SMILES string of the molecule is Br/C=C/CCCCCCCCBr. The van der Waals surface area contributed by atoms with Crippen molar-refractivity contribution in [1.29, 1.82) is 0 Å². The summed E-state index contributed by atoms with van der Waals surface area (Å²) < 4.78 is 0. The second kappa shape index (κ2) is 11.7. The lowest BCUT2D eigenvalue weighted by Crippen LogP contribution is -1.79. The number of hydrogen-bond acceptors (Lipinski definition) is 0. The first kappa shape index (κ1) is 12.7. The Morgan fingerprint density at radius 2 is 1.42 bits per heavy atom. The lowest BCUT2D eigenvalue weighted by atomic mass is 10.1. The van der Waals surface area contributed by atoms with Crippen LogP contribution in [0.15, 0.2) is 11.1 Å². The fourth-order valence-corrected chi connectivity index (χ4v) is 1.79. The third kappa shape index (κ3) is 10.7. The van der Waals surface area contributed by atoms with Gasteiger partial charge in [-0.25, -0.2) is 0 Å². The number of rotatable bonds is 8. The van der Waals surface area contributed by atoms with Gasteiger partial charge in [-0.15, -0.1) is 0 Å². The number of allylic oxidation sites excluding steroid dienone is 1. The van der Waals surface area contributed by atoms with Crippen LogP contribution in [0.5, 0.6) is 0 Å². The molecule has 0 radical (unpaired) electrons. The molecule has 0 bridgehead atoms. The Morgan fingerprint density at radius 1 is 0.833 bits per heavy atom. The molecule has 0 saturated carbocycles. The average Bonchev–Trinajstić information content (AvgIpc) is 2.10. The van der Waals surface area contributed by atoms with Crippen LogP contribution in [0.3, 0.4) is 0 Å². The van der Waals surface area contributed by atoms with Gasteiger partial charge in [0.05, 0.1) is 0 Å². The standard InChI is InChI=1S/C10H18Br2/c11-9-7-5-3-1-2-4-6-8-10-12/h7,9H,1-6,8,10H2/b9-7+. The highest BCUT2D eigenvalue weighted by Crippen LogP contribution is 2.08. The predicted octanol–water partition coefficient (Wildman–Crippen LogP) is 5.02. The van der Waals surface area contributed by atoms with Gasteiger partial charge >= 0.3 is 0 Å². The van der Waals surface area contributed by atoms with Crippen molar-refractivity contribution in [3.05, 3.63) is 11.1 Å². The summed E-state index contributed by atoms with van der Waals surface area (Å²) in [6.07, 6.45) is 11.7. The molecule has 12 heavy (non-hydrogen) atoms. The summed E-state index contributed by atoms with van der Waals surface area (Å²) in [6.45, 7) is 0. The molecule has 72 valence electrons. The van der Waals surface area contributed by atoms with E-state index in [-0.39, 0.29) is 0 Å². The smallest absolute Gasteiger partial charge is 0.00313 e. The van der Waals surface area contributed by atoms with Crippen molar-refractivity contribution in [2.45, 2.75) is 44.9 Å². The molecule has 0 amide bonds. The van der Waals surface area contributed by atoms with Crippen molar-refractivity contribution >= 4 is 31.9 Å². The van der Waals surface area contributed by atoms with Gasteiger partial charge < -0.3 is 0 Å². The molecule has 0 unspecified atom stereocenters. The molecular formula is C10H18Br2. The van der Waals surface area contributed by atoms with Gasteiger partial charge in [0.1, 0.15) is 0 Å². The number of hydrogen-bond donors (Lipinski definition) is 0. The summed E-state index contributed by atoms with van der Waals surface area (Å²) in [4.78, 5) is 1.96. The zero-order valence-electron chi connectivity index (χ0n) is 7.57. The van der Waals surface area contributed by atoms with Crippen molar-refractivity contribution in [2.24, 2.45) is 0 Å². The van der Waals surface area contributed by atoms with Gasteiger partial charge in [-0.05, 0) is 24.2 Å². The van der Waals surface area contributed by atoms with Crippen LogP contribution in [-0.4, -0.2) is 5.33 Å². The lowest BCUT2D eigenvalue weighted by Gasteiger charge is -1.97. The fraction of sp³-hybridized carbons (Fsp3) is 0.800. The van der Waals surface area contributed by atoms with Gasteiger partial charge in [-0.1, -0.05) is 63.6 Å². The van der Waals surface area contributed by atoms with Crippen molar-refractivity contribution in [3.8, 4) is 0 Å². The first-order valence-electron chi connectivity index (χ1n) is 4.73. The molecule has 0 atom stereocenters. The Balaban J connectivity index is 2.81. The molecule has 0 N–H and O–H groups in total. The maximum atomic E-state index is 3.44. The van der Waals surface area contributed by atoms with Crippen LogP contribution >= 0.6 is 31.9 Å². The second-order valence-corrected chi connectivity index (χ2v) is 4.28. The van der Waals surface area contributed by atoms with Crippen LogP contribution in [0.1, 0.15) is 44.9 Å². The lowest BCUT2D eigenvalue weighted by molar-refractivity contribution is 0.614. The number of unbranched alkanes of at least 4 members (excludes halogenated alkanes) is 6. The molecule has 0 nitrogen and oxygen atoms in total. The van der Waals surface area contributed by atoms with Crippen LogP contribution in [0.4, 0.5) is 0 Å². The zero-order chi connectivity index (χ0) is 9.07. The highest BCUT2D eigenvalue weighted by molar-refractivity contribution is 9.11. The quantitative estimate of drug-likeness (QED) is 0.436. The van der Waals surface area contributed by atoms with Crippen molar-refractivity contribution in [3.63, 3.8) is 0 Å². The summed E-state index contributed by atoms with van der Waals surface area (Å²) >= 11 is 6.71. The van der Waals surface area contributed by atoms with Crippen molar-refractivity contribution in [2.75, 3.05) is 5.33 Å². The molecule has 0 aromatic carbocycles. The van der Waals surface area contributed by atoms with Gasteiger partial charge in [0.2, 0.25) is 0 Å². The maximum absolute atomic E-state index is 3.44. The van der Waals surface area contributed by atoms with Gasteiger partial charge in [0, 0.05) is 5.33 Å². The minimum absolute atomic E-state index is 1.17. The Labute approximate surface area is 93.1 Å². The average molecular weight is 298 g/mol. The van der Waals surface area contributed by atoms with Gasteiger partial charge in [-0.3, -0.25) is 0 Å². The molecule has 0 aromatic heterocycles. The molecule has 2 heteroatoms. The molecule has 0 aliphatic heterocycles. The van der Waals surface area contributed by atoms with Crippen molar-refractivity contribution < 1.29 is 0 Å².